The second-order valence-electron chi connectivity index (χ2n) is 5.07. The van der Waals surface area contributed by atoms with Crippen molar-refractivity contribution in [1.29, 1.82) is 0 Å². The molecule has 0 bridgehead atoms. The van der Waals surface area contributed by atoms with E-state index in [0.29, 0.717) is 30.2 Å². The zero-order valence-corrected chi connectivity index (χ0v) is 16.6. The number of aliphatic carboxylic acids is 1. The number of aliphatic hydroxyl groups is 1. The summed E-state index contributed by atoms with van der Waals surface area (Å²) in [6.45, 7) is 4.36. The van der Waals surface area contributed by atoms with Gasteiger partial charge in [-0.2, -0.15) is 0 Å². The van der Waals surface area contributed by atoms with Crippen molar-refractivity contribution in [3.05, 3.63) is 36.4 Å². The third kappa shape index (κ3) is 8.92. The molecule has 1 atom stereocenters. The van der Waals surface area contributed by atoms with Crippen LogP contribution in [0.1, 0.15) is 18.4 Å². The second kappa shape index (κ2) is 12.8. The number of nitrogens with one attached hydrogen (secondary N) is 1. The van der Waals surface area contributed by atoms with Crippen molar-refractivity contribution in [2.24, 2.45) is 0 Å². The Hall–Kier alpha value is -1.54. The number of benzene rings is 1. The molecule has 132 valence electrons. The molecule has 1 unspecified atom stereocenters. The number of carbonyl (C=O) groups is 2. The van der Waals surface area contributed by atoms with Gasteiger partial charge in [-0.05, 0) is 36.6 Å². The van der Waals surface area contributed by atoms with Crippen LogP contribution in [0.25, 0.3) is 0 Å². The predicted octanol–water partition coefficient (Wildman–Crippen LogP) is -3.19. The molecular weight excluding hydrogens is 337 g/mol. The summed E-state index contributed by atoms with van der Waals surface area (Å²) in [6.07, 6.45) is 1.10. The van der Waals surface area contributed by atoms with Crippen LogP contribution in [0.2, 0.25) is 0 Å². The van der Waals surface area contributed by atoms with Crippen LogP contribution < -0.4 is 49.5 Å². The SMILES string of the molecule is C=CC(=O)NCCCCOc1ccc(CC(O)C(=O)[O-])cc1OC.[Na+]. The number of methoxy groups -OCH3 is 1. The summed E-state index contributed by atoms with van der Waals surface area (Å²) in [5.74, 6) is -0.734. The number of carboxylic acids is 1. The molecule has 1 aromatic rings. The molecule has 25 heavy (non-hydrogen) atoms. The number of amides is 1. The van der Waals surface area contributed by atoms with E-state index >= 15 is 0 Å². The number of hydrogen-bond donors (Lipinski definition) is 2. The number of carbonyl (C=O) groups excluding carboxylic acids is 2. The second-order valence-corrected chi connectivity index (χ2v) is 5.07. The van der Waals surface area contributed by atoms with Gasteiger partial charge in [-0.15, -0.1) is 0 Å². The van der Waals surface area contributed by atoms with Crippen LogP contribution in [0.4, 0.5) is 0 Å². The predicted molar refractivity (Wildman–Crippen MR) is 85.6 cm³/mol. The zero-order chi connectivity index (χ0) is 17.9. The first-order chi connectivity index (χ1) is 11.5. The quantitative estimate of drug-likeness (QED) is 0.245. The van der Waals surface area contributed by atoms with Crippen molar-refractivity contribution in [3.63, 3.8) is 0 Å². The number of carboxylic acid groups (broad SMARTS) is 1. The van der Waals surface area contributed by atoms with Gasteiger partial charge in [0.25, 0.3) is 0 Å². The summed E-state index contributed by atoms with van der Waals surface area (Å²) < 4.78 is 10.8. The van der Waals surface area contributed by atoms with Crippen molar-refractivity contribution in [2.45, 2.75) is 25.4 Å². The molecule has 0 aliphatic carbocycles. The van der Waals surface area contributed by atoms with E-state index in [-0.39, 0.29) is 41.9 Å². The van der Waals surface area contributed by atoms with E-state index in [2.05, 4.69) is 11.9 Å². The Labute approximate surface area is 169 Å². The van der Waals surface area contributed by atoms with Gasteiger partial charge in [-0.1, -0.05) is 12.6 Å². The van der Waals surface area contributed by atoms with Gasteiger partial charge >= 0.3 is 29.6 Å². The largest absolute Gasteiger partial charge is 1.00 e. The molecule has 0 aliphatic rings. The number of aliphatic hydroxyl groups excluding tert-OH is 1. The molecule has 0 saturated heterocycles. The average molecular weight is 359 g/mol. The van der Waals surface area contributed by atoms with Crippen LogP contribution in [-0.2, 0) is 16.0 Å². The standard InChI is InChI=1S/C17H23NO6.Na/c1-3-16(20)18-8-4-5-9-24-14-7-6-12(11-15(14)23-2)10-13(19)17(21)22;/h3,6-7,11,13,19H,1,4-5,8-10H2,2H3,(H,18,20)(H,21,22);/q;+1/p-1. The molecule has 0 fully saturated rings. The number of rotatable bonds is 11. The third-order valence-corrected chi connectivity index (χ3v) is 3.24. The molecule has 0 saturated carbocycles. The Balaban J connectivity index is 0.00000576. The maximum absolute atomic E-state index is 11.0. The van der Waals surface area contributed by atoms with Crippen LogP contribution in [0.5, 0.6) is 11.5 Å². The van der Waals surface area contributed by atoms with E-state index in [1.54, 1.807) is 18.2 Å². The molecule has 0 aromatic heterocycles. The molecule has 7 nitrogen and oxygen atoms in total. The maximum atomic E-state index is 11.0. The Morgan fingerprint density at radius 2 is 2.08 bits per heavy atom. The molecular formula is C17H22NNaO6. The van der Waals surface area contributed by atoms with E-state index in [4.69, 9.17) is 9.47 Å². The maximum Gasteiger partial charge on any atom is 1.00 e. The van der Waals surface area contributed by atoms with Crippen molar-refractivity contribution in [3.8, 4) is 11.5 Å². The molecule has 1 aromatic carbocycles. The Morgan fingerprint density at radius 3 is 2.68 bits per heavy atom. The summed E-state index contributed by atoms with van der Waals surface area (Å²) in [5, 5.41) is 22.6. The first kappa shape index (κ1) is 23.5. The Kier molecular flexibility index (Phi) is 12.0. The fourth-order valence-corrected chi connectivity index (χ4v) is 1.96. The van der Waals surface area contributed by atoms with Gasteiger partial charge in [0.15, 0.2) is 11.5 Å². The molecule has 0 spiro atoms. The summed E-state index contributed by atoms with van der Waals surface area (Å²) in [7, 11) is 1.48. The molecule has 1 rings (SSSR count). The van der Waals surface area contributed by atoms with Gasteiger partial charge in [0.1, 0.15) is 0 Å². The van der Waals surface area contributed by atoms with Crippen LogP contribution in [0, 0.1) is 0 Å². The molecule has 1 amide bonds. The van der Waals surface area contributed by atoms with Crippen molar-refractivity contribution in [1.82, 2.24) is 5.32 Å². The molecule has 0 heterocycles. The van der Waals surface area contributed by atoms with Crippen LogP contribution >= 0.6 is 0 Å². The van der Waals surface area contributed by atoms with Gasteiger partial charge in [0, 0.05) is 13.0 Å². The minimum atomic E-state index is -1.56. The summed E-state index contributed by atoms with van der Waals surface area (Å²) in [6, 6.07) is 4.94. The molecule has 2 N–H and O–H groups in total. The first-order valence-electron chi connectivity index (χ1n) is 7.56. The van der Waals surface area contributed by atoms with E-state index in [9.17, 15) is 19.8 Å². The van der Waals surface area contributed by atoms with Crippen molar-refractivity contribution < 1.29 is 58.8 Å². The normalized spacial score (nSPS) is 11.0. The van der Waals surface area contributed by atoms with Crippen LogP contribution in [-0.4, -0.2) is 43.3 Å². The van der Waals surface area contributed by atoms with Gasteiger partial charge in [0.2, 0.25) is 5.91 Å². The minimum absolute atomic E-state index is 0. The number of hydrogen-bond acceptors (Lipinski definition) is 6. The van der Waals surface area contributed by atoms with E-state index in [1.807, 2.05) is 0 Å². The third-order valence-electron chi connectivity index (χ3n) is 3.24. The monoisotopic (exact) mass is 359 g/mol. The van der Waals surface area contributed by atoms with Gasteiger partial charge in [-0.3, -0.25) is 4.79 Å². The van der Waals surface area contributed by atoms with Crippen LogP contribution in [0.15, 0.2) is 30.9 Å². The van der Waals surface area contributed by atoms with Gasteiger partial charge < -0.3 is 29.8 Å². The fraction of sp³-hybridized carbons (Fsp3) is 0.412. The van der Waals surface area contributed by atoms with E-state index in [1.165, 1.54) is 13.2 Å². The summed E-state index contributed by atoms with van der Waals surface area (Å²) >= 11 is 0. The molecule has 0 radical (unpaired) electrons. The van der Waals surface area contributed by atoms with Gasteiger partial charge in [0.05, 0.1) is 25.8 Å². The fourth-order valence-electron chi connectivity index (χ4n) is 1.96. The zero-order valence-electron chi connectivity index (χ0n) is 14.6. The Bertz CT molecular complexity index is 578. The summed E-state index contributed by atoms with van der Waals surface area (Å²) in [4.78, 5) is 21.5. The van der Waals surface area contributed by atoms with Crippen molar-refractivity contribution >= 4 is 11.9 Å². The summed E-state index contributed by atoms with van der Waals surface area (Å²) in [5.41, 5.74) is 0.600. The van der Waals surface area contributed by atoms with E-state index < -0.39 is 12.1 Å². The first-order valence-corrected chi connectivity index (χ1v) is 7.56. The Morgan fingerprint density at radius 1 is 1.36 bits per heavy atom. The van der Waals surface area contributed by atoms with Gasteiger partial charge in [-0.25, -0.2) is 0 Å². The van der Waals surface area contributed by atoms with Crippen molar-refractivity contribution in [2.75, 3.05) is 20.3 Å². The molecule has 0 aliphatic heterocycles. The minimum Gasteiger partial charge on any atom is -0.547 e. The molecule has 8 heteroatoms. The average Bonchev–Trinajstić information content (AvgIpc) is 2.58. The smallest absolute Gasteiger partial charge is 0.547 e. The topological polar surface area (TPSA) is 108 Å². The van der Waals surface area contributed by atoms with E-state index in [0.717, 1.165) is 12.8 Å². The number of ether oxygens (including phenoxy) is 2. The van der Waals surface area contributed by atoms with Crippen LogP contribution in [0.3, 0.4) is 0 Å². The number of unbranched alkanes of at least 4 members (excludes halogenated alkanes) is 1.